The van der Waals surface area contributed by atoms with Crippen LogP contribution in [0.2, 0.25) is 0 Å². The van der Waals surface area contributed by atoms with E-state index in [9.17, 15) is 4.79 Å². The molecule has 1 heterocycles. The van der Waals surface area contributed by atoms with Crippen molar-refractivity contribution in [1.82, 2.24) is 15.0 Å². The fraction of sp³-hybridized carbons (Fsp3) is 0. The fourth-order valence-corrected chi connectivity index (χ4v) is 2.44. The highest BCUT2D eigenvalue weighted by molar-refractivity contribution is 5.60. The smallest absolute Gasteiger partial charge is 0.353 e. The largest absolute Gasteiger partial charge is 0.425 e. The van der Waals surface area contributed by atoms with Gasteiger partial charge in [-0.2, -0.15) is 0 Å². The molecule has 0 saturated heterocycles. The third-order valence-electron chi connectivity index (χ3n) is 3.69. The first kappa shape index (κ1) is 17.3. The van der Waals surface area contributed by atoms with Gasteiger partial charge >= 0.3 is 17.7 Å². The second-order valence-electron chi connectivity index (χ2n) is 5.77. The van der Waals surface area contributed by atoms with Crippen molar-refractivity contribution in [3.63, 3.8) is 0 Å². The number of aromatic amines is 1. The van der Waals surface area contributed by atoms with Gasteiger partial charge in [-0.1, -0.05) is 36.4 Å². The molecule has 0 aliphatic heterocycles. The van der Waals surface area contributed by atoms with Crippen LogP contribution >= 0.6 is 0 Å². The second-order valence-corrected chi connectivity index (χ2v) is 5.77. The van der Waals surface area contributed by atoms with Crippen molar-refractivity contribution in [2.45, 2.75) is 0 Å². The molecule has 0 bridgehead atoms. The Balaban J connectivity index is 1.47. The molecule has 0 spiro atoms. The first-order chi connectivity index (χ1) is 13.7. The summed E-state index contributed by atoms with van der Waals surface area (Å²) in [5.41, 5.74) is 1.27. The van der Waals surface area contributed by atoms with Crippen molar-refractivity contribution < 1.29 is 9.47 Å². The highest BCUT2D eigenvalue weighted by atomic mass is 16.5. The van der Waals surface area contributed by atoms with Gasteiger partial charge in [0.2, 0.25) is 0 Å². The summed E-state index contributed by atoms with van der Waals surface area (Å²) in [6.45, 7) is 0. The molecule has 7 nitrogen and oxygen atoms in total. The van der Waals surface area contributed by atoms with Crippen LogP contribution in [0.25, 0.3) is 0 Å². The Morgan fingerprint density at radius 3 is 2.00 bits per heavy atom. The van der Waals surface area contributed by atoms with E-state index in [1.54, 1.807) is 24.3 Å². The monoisotopic (exact) mass is 372 g/mol. The van der Waals surface area contributed by atoms with Crippen molar-refractivity contribution in [2.24, 2.45) is 0 Å². The van der Waals surface area contributed by atoms with Crippen molar-refractivity contribution in [2.75, 3.05) is 5.32 Å². The van der Waals surface area contributed by atoms with E-state index in [1.807, 2.05) is 60.7 Å². The Kier molecular flexibility index (Phi) is 4.97. The normalized spacial score (nSPS) is 10.3. The van der Waals surface area contributed by atoms with Crippen LogP contribution in [-0.4, -0.2) is 15.0 Å². The lowest BCUT2D eigenvalue weighted by molar-refractivity contribution is 0.393. The van der Waals surface area contributed by atoms with E-state index in [0.29, 0.717) is 11.5 Å². The molecule has 0 atom stereocenters. The second kappa shape index (κ2) is 8.05. The first-order valence-corrected chi connectivity index (χ1v) is 8.56. The number of hydrogen-bond donors (Lipinski definition) is 2. The molecule has 0 fully saturated rings. The van der Waals surface area contributed by atoms with Gasteiger partial charge in [-0.05, 0) is 48.5 Å². The number of ether oxygens (including phenoxy) is 2. The molecule has 7 heteroatoms. The van der Waals surface area contributed by atoms with E-state index in [1.165, 1.54) is 0 Å². The predicted molar refractivity (Wildman–Crippen MR) is 105 cm³/mol. The Morgan fingerprint density at radius 1 is 0.679 bits per heavy atom. The van der Waals surface area contributed by atoms with Gasteiger partial charge in [0.25, 0.3) is 0 Å². The van der Waals surface area contributed by atoms with Crippen LogP contribution in [0.5, 0.6) is 23.5 Å². The highest BCUT2D eigenvalue weighted by Crippen LogP contribution is 2.23. The van der Waals surface area contributed by atoms with Crippen LogP contribution in [0.15, 0.2) is 89.7 Å². The molecule has 28 heavy (non-hydrogen) atoms. The summed E-state index contributed by atoms with van der Waals surface area (Å²) in [6.07, 6.45) is 0. The topological polar surface area (TPSA) is 89.1 Å². The Bertz CT molecular complexity index is 1100. The molecular weight excluding hydrogens is 356 g/mol. The molecule has 2 N–H and O–H groups in total. The van der Waals surface area contributed by atoms with E-state index in [2.05, 4.69) is 20.3 Å². The summed E-state index contributed by atoms with van der Waals surface area (Å²) in [5, 5.41) is 3.28. The zero-order valence-electron chi connectivity index (χ0n) is 14.7. The van der Waals surface area contributed by atoms with E-state index >= 15 is 0 Å². The van der Waals surface area contributed by atoms with Gasteiger partial charge in [0.15, 0.2) is 0 Å². The van der Waals surface area contributed by atoms with Crippen molar-refractivity contribution in [3.8, 4) is 23.5 Å². The van der Waals surface area contributed by atoms with Crippen LogP contribution in [0.1, 0.15) is 0 Å². The third kappa shape index (κ3) is 4.53. The maximum atomic E-state index is 11.8. The summed E-state index contributed by atoms with van der Waals surface area (Å²) in [4.78, 5) is 22.0. The van der Waals surface area contributed by atoms with Crippen LogP contribution < -0.4 is 20.5 Å². The van der Waals surface area contributed by atoms with E-state index < -0.39 is 5.69 Å². The summed E-state index contributed by atoms with van der Waals surface area (Å²) in [5.74, 6) is 1.04. The van der Waals surface area contributed by atoms with Gasteiger partial charge in [0.1, 0.15) is 11.5 Å². The van der Waals surface area contributed by atoms with E-state index in [0.717, 1.165) is 11.4 Å². The Labute approximate surface area is 160 Å². The maximum absolute atomic E-state index is 11.8. The van der Waals surface area contributed by atoms with Crippen LogP contribution in [0.4, 0.5) is 11.4 Å². The quantitative estimate of drug-likeness (QED) is 0.518. The molecule has 0 saturated carbocycles. The lowest BCUT2D eigenvalue weighted by Gasteiger charge is -2.08. The number of rotatable bonds is 6. The number of anilines is 2. The van der Waals surface area contributed by atoms with Gasteiger partial charge in [-0.3, -0.25) is 4.98 Å². The molecule has 0 aliphatic rings. The molecule has 0 radical (unpaired) electrons. The number of para-hydroxylation sites is 2. The SMILES string of the molecule is O=c1nc(Oc2ccc(Nc3ccccc3)cc2)nc(Oc2ccccc2)[nH]1. The molecule has 4 aromatic rings. The van der Waals surface area contributed by atoms with Crippen molar-refractivity contribution >= 4 is 11.4 Å². The summed E-state index contributed by atoms with van der Waals surface area (Å²) in [7, 11) is 0. The van der Waals surface area contributed by atoms with Gasteiger partial charge in [-0.15, -0.1) is 9.97 Å². The number of nitrogens with one attached hydrogen (secondary N) is 2. The number of hydrogen-bond acceptors (Lipinski definition) is 6. The predicted octanol–water partition coefficient (Wildman–Crippen LogP) is 4.49. The number of H-pyrrole nitrogens is 1. The molecule has 4 rings (SSSR count). The van der Waals surface area contributed by atoms with Crippen molar-refractivity contribution in [1.29, 1.82) is 0 Å². The van der Waals surface area contributed by atoms with Gasteiger partial charge in [-0.25, -0.2) is 4.79 Å². The maximum Gasteiger partial charge on any atom is 0.353 e. The van der Waals surface area contributed by atoms with E-state index in [4.69, 9.17) is 9.47 Å². The average molecular weight is 372 g/mol. The Hall–Kier alpha value is -4.13. The third-order valence-corrected chi connectivity index (χ3v) is 3.69. The minimum Gasteiger partial charge on any atom is -0.425 e. The summed E-state index contributed by atoms with van der Waals surface area (Å²) >= 11 is 0. The van der Waals surface area contributed by atoms with Crippen molar-refractivity contribution in [3.05, 3.63) is 95.4 Å². The zero-order valence-corrected chi connectivity index (χ0v) is 14.7. The molecule has 0 amide bonds. The van der Waals surface area contributed by atoms with Crippen LogP contribution in [0, 0.1) is 0 Å². The molecule has 0 aliphatic carbocycles. The minimum absolute atomic E-state index is 0.00330. The molecule has 138 valence electrons. The zero-order chi connectivity index (χ0) is 19.2. The average Bonchev–Trinajstić information content (AvgIpc) is 2.71. The van der Waals surface area contributed by atoms with Crippen LogP contribution in [-0.2, 0) is 0 Å². The lowest BCUT2D eigenvalue weighted by atomic mass is 10.2. The summed E-state index contributed by atoms with van der Waals surface area (Å²) in [6, 6.07) is 26.0. The molecule has 0 unspecified atom stereocenters. The Morgan fingerprint density at radius 2 is 1.29 bits per heavy atom. The van der Waals surface area contributed by atoms with E-state index in [-0.39, 0.29) is 12.0 Å². The molecule has 3 aromatic carbocycles. The van der Waals surface area contributed by atoms with Gasteiger partial charge in [0.05, 0.1) is 0 Å². The highest BCUT2D eigenvalue weighted by Gasteiger charge is 2.08. The molecule has 1 aromatic heterocycles. The minimum atomic E-state index is -0.613. The summed E-state index contributed by atoms with van der Waals surface area (Å²) < 4.78 is 11.1. The number of nitrogens with zero attached hydrogens (tertiary/aromatic N) is 2. The standard InChI is InChI=1S/C21H16N4O3/c26-19-23-20(27-17-9-5-2-6-10-17)25-21(24-19)28-18-13-11-16(12-14-18)22-15-7-3-1-4-8-15/h1-14,22H,(H,23,24,25,26). The molecular formula is C21H16N4O3. The first-order valence-electron chi connectivity index (χ1n) is 8.56. The lowest BCUT2D eigenvalue weighted by Crippen LogP contribution is -2.13. The fourth-order valence-electron chi connectivity index (χ4n) is 2.44. The van der Waals surface area contributed by atoms with Gasteiger partial charge in [0, 0.05) is 11.4 Å². The number of aromatic nitrogens is 3. The number of benzene rings is 3. The van der Waals surface area contributed by atoms with Crippen LogP contribution in [0.3, 0.4) is 0 Å². The van der Waals surface area contributed by atoms with Gasteiger partial charge < -0.3 is 14.8 Å².